The monoisotopic (exact) mass is 346 g/mol. The molecule has 136 valence electrons. The number of hydrogen-bond acceptors (Lipinski definition) is 5. The Morgan fingerprint density at radius 2 is 1.96 bits per heavy atom. The Morgan fingerprint density at radius 3 is 2.60 bits per heavy atom. The molecule has 0 saturated carbocycles. The summed E-state index contributed by atoms with van der Waals surface area (Å²) in [6.45, 7) is 5.66. The number of aromatic nitrogens is 4. The fourth-order valence-electron chi connectivity index (χ4n) is 3.22. The summed E-state index contributed by atoms with van der Waals surface area (Å²) in [6, 6.07) is 0.0859. The Hall–Kier alpha value is -2.35. The fourth-order valence-corrected chi connectivity index (χ4v) is 3.22. The van der Waals surface area contributed by atoms with Crippen LogP contribution in [0.4, 0.5) is 5.95 Å². The SMILES string of the molecule is CC(C)/C=C/n1c(N2CCCC(N)C2)nc2c1c(=O)n(C)c(=O)n2C. The highest BCUT2D eigenvalue weighted by Gasteiger charge is 2.25. The molecule has 3 rings (SSSR count). The van der Waals surface area contributed by atoms with E-state index < -0.39 is 0 Å². The van der Waals surface area contributed by atoms with E-state index in [1.807, 2.05) is 12.3 Å². The van der Waals surface area contributed by atoms with Crippen molar-refractivity contribution in [3.05, 3.63) is 26.9 Å². The average Bonchev–Trinajstić information content (AvgIpc) is 2.96. The van der Waals surface area contributed by atoms with E-state index in [2.05, 4.69) is 23.7 Å². The lowest BCUT2D eigenvalue weighted by Crippen LogP contribution is -2.43. The molecule has 25 heavy (non-hydrogen) atoms. The molecule has 1 fully saturated rings. The lowest BCUT2D eigenvalue weighted by molar-refractivity contribution is 0.499. The molecule has 2 N–H and O–H groups in total. The molecular weight excluding hydrogens is 320 g/mol. The van der Waals surface area contributed by atoms with Crippen LogP contribution in [0.1, 0.15) is 26.7 Å². The summed E-state index contributed by atoms with van der Waals surface area (Å²) < 4.78 is 4.34. The number of nitrogens with two attached hydrogens (primary N) is 1. The number of fused-ring (bicyclic) bond motifs is 1. The lowest BCUT2D eigenvalue weighted by Gasteiger charge is -2.31. The van der Waals surface area contributed by atoms with Crippen LogP contribution in [0.2, 0.25) is 0 Å². The van der Waals surface area contributed by atoms with Gasteiger partial charge in [0.2, 0.25) is 5.95 Å². The van der Waals surface area contributed by atoms with Crippen molar-refractivity contribution in [3.63, 3.8) is 0 Å². The standard InChI is InChI=1S/C17H26N6O2/c1-11(2)7-9-23-13-14(20(3)17(25)21(4)15(13)24)19-16(23)22-8-5-6-12(18)10-22/h7,9,11-12H,5-6,8,10,18H2,1-4H3/b9-7+. The van der Waals surface area contributed by atoms with Crippen LogP contribution < -0.4 is 21.9 Å². The van der Waals surface area contributed by atoms with Gasteiger partial charge in [-0.05, 0) is 18.8 Å². The maximum absolute atomic E-state index is 12.7. The average molecular weight is 346 g/mol. The molecule has 1 aliphatic heterocycles. The van der Waals surface area contributed by atoms with Gasteiger partial charge in [0.05, 0.1) is 0 Å². The first-order valence-corrected chi connectivity index (χ1v) is 8.68. The maximum Gasteiger partial charge on any atom is 0.332 e. The van der Waals surface area contributed by atoms with Crippen LogP contribution in [0.3, 0.4) is 0 Å². The Kier molecular flexibility index (Phi) is 4.55. The first kappa shape index (κ1) is 17.5. The van der Waals surface area contributed by atoms with Gasteiger partial charge in [0.1, 0.15) is 0 Å². The Labute approximate surface area is 146 Å². The van der Waals surface area contributed by atoms with Crippen LogP contribution in [0, 0.1) is 5.92 Å². The zero-order valence-corrected chi connectivity index (χ0v) is 15.3. The summed E-state index contributed by atoms with van der Waals surface area (Å²) in [5.41, 5.74) is 6.21. The van der Waals surface area contributed by atoms with Crippen molar-refractivity contribution in [2.45, 2.75) is 32.7 Å². The number of piperidine rings is 1. The van der Waals surface area contributed by atoms with E-state index in [0.29, 0.717) is 29.6 Å². The quantitative estimate of drug-likeness (QED) is 0.873. The van der Waals surface area contributed by atoms with Crippen LogP contribution in [0.25, 0.3) is 17.4 Å². The second kappa shape index (κ2) is 6.51. The van der Waals surface area contributed by atoms with Crippen molar-refractivity contribution < 1.29 is 0 Å². The minimum atomic E-state index is -0.378. The number of allylic oxidation sites excluding steroid dienone is 1. The number of imidazole rings is 1. The lowest BCUT2D eigenvalue weighted by atomic mass is 10.1. The molecule has 3 heterocycles. The molecule has 1 aliphatic rings. The molecule has 8 nitrogen and oxygen atoms in total. The fraction of sp³-hybridized carbons (Fsp3) is 0.588. The molecule has 0 amide bonds. The number of aryl methyl sites for hydroxylation is 1. The zero-order valence-electron chi connectivity index (χ0n) is 15.3. The highest BCUT2D eigenvalue weighted by Crippen LogP contribution is 2.23. The van der Waals surface area contributed by atoms with E-state index in [-0.39, 0.29) is 17.3 Å². The third-order valence-corrected chi connectivity index (χ3v) is 4.63. The molecular formula is C17H26N6O2. The van der Waals surface area contributed by atoms with Gasteiger partial charge in [-0.2, -0.15) is 4.98 Å². The molecule has 1 atom stereocenters. The molecule has 0 aromatic carbocycles. The van der Waals surface area contributed by atoms with Crippen LogP contribution >= 0.6 is 0 Å². The molecule has 0 bridgehead atoms. The molecule has 8 heteroatoms. The van der Waals surface area contributed by atoms with E-state index >= 15 is 0 Å². The Morgan fingerprint density at radius 1 is 1.24 bits per heavy atom. The van der Waals surface area contributed by atoms with Gasteiger partial charge in [0, 0.05) is 39.4 Å². The first-order chi connectivity index (χ1) is 11.8. The van der Waals surface area contributed by atoms with Gasteiger partial charge in [-0.25, -0.2) is 4.79 Å². The van der Waals surface area contributed by atoms with E-state index in [1.54, 1.807) is 11.6 Å². The van der Waals surface area contributed by atoms with Gasteiger partial charge >= 0.3 is 5.69 Å². The van der Waals surface area contributed by atoms with E-state index in [1.165, 1.54) is 11.6 Å². The number of hydrogen-bond donors (Lipinski definition) is 1. The van der Waals surface area contributed by atoms with Gasteiger partial charge in [-0.15, -0.1) is 0 Å². The summed E-state index contributed by atoms with van der Waals surface area (Å²) in [5, 5.41) is 0. The van der Waals surface area contributed by atoms with E-state index in [9.17, 15) is 9.59 Å². The first-order valence-electron chi connectivity index (χ1n) is 8.68. The van der Waals surface area contributed by atoms with Gasteiger partial charge < -0.3 is 10.6 Å². The summed E-state index contributed by atoms with van der Waals surface area (Å²) in [7, 11) is 3.13. The largest absolute Gasteiger partial charge is 0.340 e. The minimum Gasteiger partial charge on any atom is -0.340 e. The van der Waals surface area contributed by atoms with Crippen LogP contribution in [-0.4, -0.2) is 37.8 Å². The van der Waals surface area contributed by atoms with E-state index in [0.717, 1.165) is 24.0 Å². The highest BCUT2D eigenvalue weighted by atomic mass is 16.2. The minimum absolute atomic E-state index is 0.0859. The third-order valence-electron chi connectivity index (χ3n) is 4.63. The van der Waals surface area contributed by atoms with Gasteiger partial charge in [0.25, 0.3) is 5.56 Å². The molecule has 0 spiro atoms. The van der Waals surface area contributed by atoms with Gasteiger partial charge in [0.15, 0.2) is 11.2 Å². The van der Waals surface area contributed by atoms with Gasteiger partial charge in [-0.3, -0.25) is 18.5 Å². The normalized spacial score (nSPS) is 18.8. The highest BCUT2D eigenvalue weighted by molar-refractivity contribution is 5.77. The third kappa shape index (κ3) is 3.02. The molecule has 2 aromatic rings. The smallest absolute Gasteiger partial charge is 0.332 e. The van der Waals surface area contributed by atoms with Crippen molar-refractivity contribution in [3.8, 4) is 0 Å². The summed E-state index contributed by atoms with van der Waals surface area (Å²) in [5.74, 6) is 0.991. The second-order valence-corrected chi connectivity index (χ2v) is 7.09. The number of nitrogens with zero attached hydrogens (tertiary/aromatic N) is 5. The van der Waals surface area contributed by atoms with Crippen LogP contribution in [0.5, 0.6) is 0 Å². The molecule has 1 saturated heterocycles. The number of anilines is 1. The number of rotatable bonds is 3. The summed E-state index contributed by atoms with van der Waals surface area (Å²) in [6.07, 6.45) is 5.86. The van der Waals surface area contributed by atoms with Crippen molar-refractivity contribution in [1.82, 2.24) is 18.7 Å². The predicted octanol–water partition coefficient (Wildman–Crippen LogP) is 0.488. The topological polar surface area (TPSA) is 91.1 Å². The molecule has 2 aromatic heterocycles. The predicted molar refractivity (Wildman–Crippen MR) is 99.8 cm³/mol. The molecule has 0 aliphatic carbocycles. The summed E-state index contributed by atoms with van der Waals surface area (Å²) in [4.78, 5) is 31.7. The Bertz CT molecular complexity index is 933. The molecule has 1 unspecified atom stereocenters. The van der Waals surface area contributed by atoms with E-state index in [4.69, 9.17) is 5.73 Å². The van der Waals surface area contributed by atoms with Crippen molar-refractivity contribution in [1.29, 1.82) is 0 Å². The zero-order chi connectivity index (χ0) is 18.3. The molecule has 0 radical (unpaired) electrons. The van der Waals surface area contributed by atoms with Crippen molar-refractivity contribution >= 4 is 23.3 Å². The maximum atomic E-state index is 12.7. The van der Waals surface area contributed by atoms with Crippen LogP contribution in [-0.2, 0) is 14.1 Å². The summed E-state index contributed by atoms with van der Waals surface area (Å²) >= 11 is 0. The van der Waals surface area contributed by atoms with Crippen molar-refractivity contribution in [2.24, 2.45) is 25.7 Å². The van der Waals surface area contributed by atoms with Crippen LogP contribution in [0.15, 0.2) is 15.7 Å². The second-order valence-electron chi connectivity index (χ2n) is 7.09. The van der Waals surface area contributed by atoms with Gasteiger partial charge in [-0.1, -0.05) is 19.9 Å². The Balaban J connectivity index is 2.30. The van der Waals surface area contributed by atoms with Crippen molar-refractivity contribution in [2.75, 3.05) is 18.0 Å².